The first-order valence-corrected chi connectivity index (χ1v) is 9.37. The zero-order chi connectivity index (χ0) is 17.9. The molecule has 0 bridgehead atoms. The molecule has 5 nitrogen and oxygen atoms in total. The van der Waals surface area contributed by atoms with Crippen molar-refractivity contribution in [2.75, 3.05) is 19.7 Å². The van der Waals surface area contributed by atoms with Gasteiger partial charge in [0.25, 0.3) is 5.91 Å². The van der Waals surface area contributed by atoms with E-state index in [-0.39, 0.29) is 12.0 Å². The van der Waals surface area contributed by atoms with Crippen LogP contribution in [0.25, 0.3) is 10.6 Å². The highest BCUT2D eigenvalue weighted by molar-refractivity contribution is 7.17. The van der Waals surface area contributed by atoms with Gasteiger partial charge in [0, 0.05) is 24.5 Å². The number of hydrogen-bond acceptors (Lipinski definition) is 5. The largest absolute Gasteiger partial charge is 0.370 e. The summed E-state index contributed by atoms with van der Waals surface area (Å²) in [4.78, 5) is 24.3. The van der Waals surface area contributed by atoms with Crippen molar-refractivity contribution < 1.29 is 9.53 Å². The number of nitrogens with zero attached hydrogens (tertiary/aromatic N) is 3. The summed E-state index contributed by atoms with van der Waals surface area (Å²) in [6.07, 6.45) is 3.39. The van der Waals surface area contributed by atoms with Crippen LogP contribution in [-0.2, 0) is 4.74 Å². The molecule has 132 valence electrons. The Hall–Kier alpha value is -2.57. The summed E-state index contributed by atoms with van der Waals surface area (Å²) >= 11 is 1.44. The fraction of sp³-hybridized carbons (Fsp3) is 0.250. The second-order valence-electron chi connectivity index (χ2n) is 6.19. The average Bonchev–Trinajstić information content (AvgIpc) is 3.10. The Morgan fingerprint density at radius 3 is 2.73 bits per heavy atom. The van der Waals surface area contributed by atoms with Gasteiger partial charge in [0.05, 0.1) is 18.8 Å². The van der Waals surface area contributed by atoms with E-state index in [4.69, 9.17) is 4.74 Å². The Kier molecular flexibility index (Phi) is 4.77. The summed E-state index contributed by atoms with van der Waals surface area (Å²) in [6, 6.07) is 13.9. The number of carbonyl (C=O) groups excluding carboxylic acids is 1. The Morgan fingerprint density at radius 2 is 1.96 bits per heavy atom. The highest BCUT2D eigenvalue weighted by Gasteiger charge is 2.28. The lowest BCUT2D eigenvalue weighted by molar-refractivity contribution is -0.0226. The van der Waals surface area contributed by atoms with Crippen molar-refractivity contribution >= 4 is 17.2 Å². The predicted molar refractivity (Wildman–Crippen MR) is 101 cm³/mol. The van der Waals surface area contributed by atoms with Crippen LogP contribution in [0.4, 0.5) is 0 Å². The van der Waals surface area contributed by atoms with Gasteiger partial charge in [0.1, 0.15) is 16.0 Å². The number of carbonyl (C=O) groups is 1. The lowest BCUT2D eigenvalue weighted by atomic mass is 10.1. The van der Waals surface area contributed by atoms with E-state index >= 15 is 0 Å². The predicted octanol–water partition coefficient (Wildman–Crippen LogP) is 3.73. The van der Waals surface area contributed by atoms with E-state index in [0.717, 1.165) is 21.8 Å². The molecule has 4 rings (SSSR count). The second kappa shape index (κ2) is 7.35. The Morgan fingerprint density at radius 1 is 1.19 bits per heavy atom. The van der Waals surface area contributed by atoms with Crippen molar-refractivity contribution in [2.24, 2.45) is 0 Å². The van der Waals surface area contributed by atoms with Gasteiger partial charge < -0.3 is 9.64 Å². The Balaban J connectivity index is 1.55. The minimum Gasteiger partial charge on any atom is -0.370 e. The normalized spacial score (nSPS) is 17.3. The highest BCUT2D eigenvalue weighted by atomic mass is 32.1. The molecule has 2 aromatic heterocycles. The minimum absolute atomic E-state index is 0.0320. The van der Waals surface area contributed by atoms with Gasteiger partial charge in [-0.1, -0.05) is 30.3 Å². The third kappa shape index (κ3) is 3.38. The van der Waals surface area contributed by atoms with Gasteiger partial charge in [0.15, 0.2) is 0 Å². The van der Waals surface area contributed by atoms with Gasteiger partial charge in [0.2, 0.25) is 0 Å². The van der Waals surface area contributed by atoms with Crippen molar-refractivity contribution in [1.29, 1.82) is 0 Å². The molecule has 1 atom stereocenters. The number of thiazole rings is 1. The number of ether oxygens (including phenoxy) is 1. The van der Waals surface area contributed by atoms with Crippen LogP contribution in [-0.4, -0.2) is 40.5 Å². The lowest BCUT2D eigenvalue weighted by Crippen LogP contribution is -2.42. The second-order valence-corrected chi connectivity index (χ2v) is 7.19. The van der Waals surface area contributed by atoms with Crippen LogP contribution in [0.15, 0.2) is 54.9 Å². The van der Waals surface area contributed by atoms with Crippen LogP contribution in [0.2, 0.25) is 0 Å². The SMILES string of the molecule is Cc1nc(-c2ccncc2)sc1C(=O)N1CCO[C@H](c2ccccc2)C1. The molecule has 6 heteroatoms. The first kappa shape index (κ1) is 16.9. The quantitative estimate of drug-likeness (QED) is 0.710. The molecule has 0 radical (unpaired) electrons. The molecule has 3 aromatic rings. The molecule has 0 N–H and O–H groups in total. The molecule has 1 fully saturated rings. The minimum atomic E-state index is -0.0817. The molecule has 0 unspecified atom stereocenters. The van der Waals surface area contributed by atoms with Crippen LogP contribution in [0.5, 0.6) is 0 Å². The van der Waals surface area contributed by atoms with E-state index in [1.165, 1.54) is 11.3 Å². The average molecular weight is 365 g/mol. The number of amides is 1. The van der Waals surface area contributed by atoms with Crippen LogP contribution >= 0.6 is 11.3 Å². The van der Waals surface area contributed by atoms with Gasteiger partial charge in [-0.05, 0) is 24.6 Å². The van der Waals surface area contributed by atoms with E-state index in [1.54, 1.807) is 12.4 Å². The Bertz CT molecular complexity index is 896. The number of benzene rings is 1. The summed E-state index contributed by atoms with van der Waals surface area (Å²) in [6.45, 7) is 3.60. The molecule has 0 spiro atoms. The van der Waals surface area contributed by atoms with Crippen molar-refractivity contribution in [1.82, 2.24) is 14.9 Å². The Labute approximate surface area is 156 Å². The molecule has 1 saturated heterocycles. The van der Waals surface area contributed by atoms with E-state index in [0.29, 0.717) is 24.6 Å². The number of aromatic nitrogens is 2. The molecule has 0 saturated carbocycles. The number of morpholine rings is 1. The van der Waals surface area contributed by atoms with E-state index < -0.39 is 0 Å². The molecule has 26 heavy (non-hydrogen) atoms. The molecular weight excluding hydrogens is 346 g/mol. The lowest BCUT2D eigenvalue weighted by Gasteiger charge is -2.33. The van der Waals surface area contributed by atoms with Gasteiger partial charge in [-0.15, -0.1) is 11.3 Å². The number of aryl methyl sites for hydroxylation is 1. The van der Waals surface area contributed by atoms with Crippen LogP contribution in [0, 0.1) is 6.92 Å². The van der Waals surface area contributed by atoms with Crippen molar-refractivity contribution in [3.8, 4) is 10.6 Å². The summed E-state index contributed by atoms with van der Waals surface area (Å²) < 4.78 is 5.87. The number of pyridine rings is 1. The van der Waals surface area contributed by atoms with Gasteiger partial charge in [-0.25, -0.2) is 4.98 Å². The van der Waals surface area contributed by atoms with E-state index in [2.05, 4.69) is 9.97 Å². The number of rotatable bonds is 3. The molecule has 3 heterocycles. The summed E-state index contributed by atoms with van der Waals surface area (Å²) in [5.41, 5.74) is 2.86. The fourth-order valence-electron chi connectivity index (χ4n) is 3.06. The monoisotopic (exact) mass is 365 g/mol. The first-order valence-electron chi connectivity index (χ1n) is 8.56. The fourth-order valence-corrected chi connectivity index (χ4v) is 4.10. The summed E-state index contributed by atoms with van der Waals surface area (Å²) in [5, 5.41) is 0.848. The van der Waals surface area contributed by atoms with Gasteiger partial charge in [-0.2, -0.15) is 0 Å². The summed E-state index contributed by atoms with van der Waals surface area (Å²) in [7, 11) is 0. The third-order valence-electron chi connectivity index (χ3n) is 4.44. The molecule has 1 amide bonds. The van der Waals surface area contributed by atoms with E-state index in [9.17, 15) is 4.79 Å². The third-order valence-corrected chi connectivity index (χ3v) is 5.64. The van der Waals surface area contributed by atoms with Crippen LogP contribution < -0.4 is 0 Å². The summed E-state index contributed by atoms with van der Waals surface area (Å²) in [5.74, 6) is 0.0320. The smallest absolute Gasteiger partial charge is 0.266 e. The first-order chi connectivity index (χ1) is 12.7. The molecule has 0 aliphatic carbocycles. The van der Waals surface area contributed by atoms with Crippen molar-refractivity contribution in [2.45, 2.75) is 13.0 Å². The maximum atomic E-state index is 13.1. The standard InChI is InChI=1S/C20H19N3O2S/c1-14-18(26-19(22-14)16-7-9-21-10-8-16)20(24)23-11-12-25-17(13-23)15-5-3-2-4-6-15/h2-10,17H,11-13H2,1H3/t17-/m0/s1. The maximum Gasteiger partial charge on any atom is 0.266 e. The number of hydrogen-bond donors (Lipinski definition) is 0. The van der Waals surface area contributed by atoms with Gasteiger partial charge in [-0.3, -0.25) is 9.78 Å². The van der Waals surface area contributed by atoms with Crippen molar-refractivity contribution in [3.05, 3.63) is 71.0 Å². The molecular formula is C20H19N3O2S. The van der Waals surface area contributed by atoms with Crippen molar-refractivity contribution in [3.63, 3.8) is 0 Å². The zero-order valence-electron chi connectivity index (χ0n) is 14.5. The molecule has 1 aliphatic heterocycles. The molecule has 1 aliphatic rings. The maximum absolute atomic E-state index is 13.1. The van der Waals surface area contributed by atoms with Crippen LogP contribution in [0.1, 0.15) is 27.0 Å². The van der Waals surface area contributed by atoms with E-state index in [1.807, 2.05) is 54.3 Å². The highest BCUT2D eigenvalue weighted by Crippen LogP contribution is 2.30. The van der Waals surface area contributed by atoms with Gasteiger partial charge >= 0.3 is 0 Å². The zero-order valence-corrected chi connectivity index (χ0v) is 15.3. The van der Waals surface area contributed by atoms with Crippen LogP contribution in [0.3, 0.4) is 0 Å². The topological polar surface area (TPSA) is 55.3 Å². The molecule has 1 aromatic carbocycles.